The summed E-state index contributed by atoms with van der Waals surface area (Å²) in [4.78, 5) is 0. The smallest absolute Gasteiger partial charge is 0.293 e. The highest BCUT2D eigenvalue weighted by atomic mass is 16.5. The van der Waals surface area contributed by atoms with E-state index in [-0.39, 0.29) is 21.7 Å². The SMILES string of the molecule is CC1(C)c2cc3ccc4ccccc4c3c3c2-c2c1cc1cc4ccccc4cc1[n+]2CO3.CC1(C)c2cc3ccc4ccccc4c3c3c2-c2c1cc1ccccc1[n+]2CO3.CC1(C)c2cc3ccc4ccccc4c3c3c2-c2c1cc1ccccc1[n+]2CO3.CC1(C)c2cc3ccc4ccccc4c3c3c2-c2c1ccc[n+]2CO3. The Balaban J connectivity index is 0.0000000870. The minimum atomic E-state index is -0.0888. The zero-order valence-electron chi connectivity index (χ0n) is 66.0. The van der Waals surface area contributed by atoms with Crippen molar-refractivity contribution in [3.63, 3.8) is 0 Å². The van der Waals surface area contributed by atoms with Crippen LogP contribution in [0.5, 0.6) is 23.0 Å². The number of para-hydroxylation sites is 2. The predicted molar refractivity (Wildman–Crippen MR) is 469 cm³/mol. The molecule has 0 unspecified atom stereocenters. The van der Waals surface area contributed by atoms with E-state index in [1.165, 1.54) is 219 Å². The molecule has 20 aromatic rings. The second kappa shape index (κ2) is 23.1. The molecule has 28 rings (SSSR count). The number of hydrogen-bond acceptors (Lipinski definition) is 4. The summed E-state index contributed by atoms with van der Waals surface area (Å²) in [5.41, 5.74) is 25.0. The first-order valence-corrected chi connectivity index (χ1v) is 40.9. The number of nitrogens with zero attached hydrogens (tertiary/aromatic N) is 4. The molecule has 116 heavy (non-hydrogen) atoms. The van der Waals surface area contributed by atoms with E-state index in [4.69, 9.17) is 18.9 Å². The van der Waals surface area contributed by atoms with Gasteiger partial charge in [-0.2, -0.15) is 18.3 Å². The second-order valence-electron chi connectivity index (χ2n) is 35.3. The Bertz CT molecular complexity index is 7750. The molecule has 4 aromatic heterocycles. The molecule has 8 heteroatoms. The summed E-state index contributed by atoms with van der Waals surface area (Å²) < 4.78 is 35.5. The number of benzene rings is 16. The van der Waals surface area contributed by atoms with Gasteiger partial charge in [-0.1, -0.05) is 250 Å². The molecule has 4 aliphatic carbocycles. The number of ether oxygens (including phenoxy) is 4. The van der Waals surface area contributed by atoms with Crippen LogP contribution in [0.25, 0.3) is 175 Å². The van der Waals surface area contributed by atoms with Crippen LogP contribution in [-0.4, -0.2) is 0 Å². The van der Waals surface area contributed by atoms with Gasteiger partial charge in [0.1, 0.15) is 23.0 Å². The molecule has 8 heterocycles. The van der Waals surface area contributed by atoms with Gasteiger partial charge in [-0.05, 0) is 164 Å². The number of hydrogen-bond donors (Lipinski definition) is 0. The molecular formula is C108H80N4O4+4. The first-order valence-electron chi connectivity index (χ1n) is 40.9. The molecule has 552 valence electrons. The van der Waals surface area contributed by atoms with Gasteiger partial charge < -0.3 is 18.9 Å². The fourth-order valence-corrected chi connectivity index (χ4v) is 22.0. The molecule has 8 nitrogen and oxygen atoms in total. The van der Waals surface area contributed by atoms with E-state index in [0.717, 1.165) is 23.0 Å². The maximum absolute atomic E-state index is 6.66. The van der Waals surface area contributed by atoms with Crippen LogP contribution in [0.1, 0.15) is 99.9 Å². The van der Waals surface area contributed by atoms with E-state index < -0.39 is 0 Å². The Hall–Kier alpha value is -13.6. The van der Waals surface area contributed by atoms with Crippen molar-refractivity contribution >= 4 is 130 Å². The Labute approximate surface area is 670 Å². The van der Waals surface area contributed by atoms with Gasteiger partial charge in [-0.25, -0.2) is 0 Å². The normalized spacial score (nSPS) is 15.7. The third-order valence-electron chi connectivity index (χ3n) is 27.8. The van der Waals surface area contributed by atoms with Gasteiger partial charge in [-0.3, -0.25) is 0 Å². The van der Waals surface area contributed by atoms with Gasteiger partial charge in [0.2, 0.25) is 39.3 Å². The molecule has 0 saturated carbocycles. The largest absolute Gasteiger partial charge is 0.434 e. The van der Waals surface area contributed by atoms with Crippen LogP contribution in [0.2, 0.25) is 0 Å². The van der Waals surface area contributed by atoms with E-state index in [1.807, 2.05) is 0 Å². The molecule has 0 fully saturated rings. The summed E-state index contributed by atoms with van der Waals surface area (Å²) in [6.45, 7) is 21.0. The Morgan fingerprint density at radius 2 is 0.500 bits per heavy atom. The maximum atomic E-state index is 6.66. The van der Waals surface area contributed by atoms with Gasteiger partial charge in [0.05, 0.1) is 22.3 Å². The number of fused-ring (bicyclic) bond motifs is 23. The van der Waals surface area contributed by atoms with E-state index in [2.05, 4.69) is 365 Å². The molecule has 0 bridgehead atoms. The summed E-state index contributed by atoms with van der Waals surface area (Å²) in [5, 5.41) is 26.5. The number of pyridine rings is 4. The highest BCUT2D eigenvalue weighted by Gasteiger charge is 2.52. The first-order chi connectivity index (χ1) is 56.6. The molecule has 16 aromatic carbocycles. The Morgan fingerprint density at radius 3 is 0.888 bits per heavy atom. The molecule has 0 N–H and O–H groups in total. The molecule has 0 spiro atoms. The monoisotopic (exact) mass is 1500 g/mol. The fourth-order valence-electron chi connectivity index (χ4n) is 22.0. The van der Waals surface area contributed by atoms with Crippen LogP contribution in [0.3, 0.4) is 0 Å². The van der Waals surface area contributed by atoms with Gasteiger partial charge in [0.15, 0.2) is 6.20 Å². The summed E-state index contributed by atoms with van der Waals surface area (Å²) in [6, 6.07) is 104. The zero-order valence-corrected chi connectivity index (χ0v) is 66.0. The molecule has 0 amide bonds. The van der Waals surface area contributed by atoms with Gasteiger partial charge in [0, 0.05) is 106 Å². The molecule has 0 radical (unpaired) electrons. The van der Waals surface area contributed by atoms with E-state index in [0.29, 0.717) is 26.9 Å². The van der Waals surface area contributed by atoms with Crippen molar-refractivity contribution in [3.8, 4) is 68.0 Å². The zero-order chi connectivity index (χ0) is 77.3. The minimum absolute atomic E-state index is 0.00401. The third-order valence-corrected chi connectivity index (χ3v) is 27.8. The lowest BCUT2D eigenvalue weighted by molar-refractivity contribution is -0.717. The summed E-state index contributed by atoms with van der Waals surface area (Å²) in [5.74, 6) is 4.21. The maximum Gasteiger partial charge on any atom is 0.293 e. The standard InChI is InChI=1S/C31H22NO.2C27H20NO.C23H18NO/c1-31(2)24-14-21-12-11-18-7-5-6-10-23(18)27(21)30-28(24)29-25(31)15-22-13-19-8-3-4-9-20(19)16-26(22)32(29)17-33-30;2*1-27(2)20-14-18-12-11-16-7-3-5-9-19(16)23(18)26-24(20)25-21(27)13-17-8-4-6-10-22(17)28(25)15-29-26;1-23(2)17-8-5-11-24-13-25-22-19-15(12-18(23)20(22)21(17)24)10-9-14-6-3-4-7-16(14)19/h3-16H,17H2,1-2H3;2*3-14H,15H2,1-2H3;3-12H,13H2,1-2H3/q4*+1. The second-order valence-corrected chi connectivity index (χ2v) is 35.3. The van der Waals surface area contributed by atoms with Gasteiger partial charge in [-0.15, -0.1) is 0 Å². The van der Waals surface area contributed by atoms with Crippen molar-refractivity contribution in [1.29, 1.82) is 0 Å². The number of rotatable bonds is 0. The van der Waals surface area contributed by atoms with Crippen molar-refractivity contribution in [2.45, 2.75) is 104 Å². The van der Waals surface area contributed by atoms with Crippen LogP contribution in [0, 0.1) is 0 Å². The van der Waals surface area contributed by atoms with Gasteiger partial charge in [0.25, 0.3) is 26.9 Å². The molecule has 4 aliphatic heterocycles. The van der Waals surface area contributed by atoms with Crippen molar-refractivity contribution in [1.82, 2.24) is 0 Å². The lowest BCUT2D eigenvalue weighted by atomic mass is 9.81. The minimum Gasteiger partial charge on any atom is -0.434 e. The Morgan fingerprint density at radius 1 is 0.216 bits per heavy atom. The number of aromatic nitrogens is 4. The highest BCUT2D eigenvalue weighted by Crippen LogP contribution is 2.61. The van der Waals surface area contributed by atoms with Crippen molar-refractivity contribution in [3.05, 3.63) is 336 Å². The fraction of sp³-hybridized carbons (Fsp3) is 0.148. The molecule has 0 atom stereocenters. The van der Waals surface area contributed by atoms with E-state index in [9.17, 15) is 0 Å². The lowest BCUT2D eigenvalue weighted by Crippen LogP contribution is -2.43. The average molecular weight is 1500 g/mol. The Kier molecular flexibility index (Phi) is 13.1. The quantitative estimate of drug-likeness (QED) is 0.0862. The third kappa shape index (κ3) is 8.72. The van der Waals surface area contributed by atoms with Gasteiger partial charge >= 0.3 is 0 Å². The lowest BCUT2D eigenvalue weighted by Gasteiger charge is -2.21. The van der Waals surface area contributed by atoms with Crippen molar-refractivity contribution in [2.75, 3.05) is 0 Å². The van der Waals surface area contributed by atoms with Crippen LogP contribution in [0.4, 0.5) is 0 Å². The van der Waals surface area contributed by atoms with Crippen LogP contribution in [-0.2, 0) is 48.6 Å². The van der Waals surface area contributed by atoms with Crippen LogP contribution >= 0.6 is 0 Å². The van der Waals surface area contributed by atoms with Crippen LogP contribution in [0.15, 0.2) is 291 Å². The van der Waals surface area contributed by atoms with Crippen molar-refractivity contribution < 1.29 is 37.2 Å². The first kappa shape index (κ1) is 65.9. The van der Waals surface area contributed by atoms with Crippen LogP contribution < -0.4 is 37.2 Å². The van der Waals surface area contributed by atoms with E-state index in [1.54, 1.807) is 0 Å². The molecular weight excluding hydrogens is 1420 g/mol. The topological polar surface area (TPSA) is 52.4 Å². The summed E-state index contributed by atoms with van der Waals surface area (Å²) in [6.07, 6.45) is 2.13. The van der Waals surface area contributed by atoms with Crippen molar-refractivity contribution in [2.24, 2.45) is 0 Å². The summed E-state index contributed by atoms with van der Waals surface area (Å²) >= 11 is 0. The predicted octanol–water partition coefficient (Wildman–Crippen LogP) is 24.4. The van der Waals surface area contributed by atoms with E-state index >= 15 is 0 Å². The molecule has 8 aliphatic rings. The highest BCUT2D eigenvalue weighted by molar-refractivity contribution is 6.19. The summed E-state index contributed by atoms with van der Waals surface area (Å²) in [7, 11) is 0. The average Bonchev–Trinajstić information content (AvgIpc) is 1.54. The molecule has 0 saturated heterocycles.